The molecular formula is C22H24FN3O2S. The van der Waals surface area contributed by atoms with Gasteiger partial charge in [-0.05, 0) is 49.7 Å². The number of amides is 2. The standard InChI is InChI=1S/C22H24FN3O2S/c1-3-4-13-26-21(28)19(14-20(27)24-17-11-7-16(23)8-12-17)29-22(26)25-18-9-5-15(2)6-10-18/h5-12,19H,3-4,13-14H2,1-2H3,(H,24,27)/t19-/m0/s1. The van der Waals surface area contributed by atoms with Crippen LogP contribution in [0.3, 0.4) is 0 Å². The maximum absolute atomic E-state index is 13.0. The zero-order chi connectivity index (χ0) is 20.8. The van der Waals surface area contributed by atoms with Crippen LogP contribution in [0.5, 0.6) is 0 Å². The molecule has 1 saturated heterocycles. The minimum absolute atomic E-state index is 0.0381. The predicted molar refractivity (Wildman–Crippen MR) is 116 cm³/mol. The minimum atomic E-state index is -0.517. The topological polar surface area (TPSA) is 61.8 Å². The van der Waals surface area contributed by atoms with Gasteiger partial charge in [-0.3, -0.25) is 14.5 Å². The lowest BCUT2D eigenvalue weighted by atomic mass is 10.2. The van der Waals surface area contributed by atoms with Gasteiger partial charge in [0.2, 0.25) is 11.8 Å². The summed E-state index contributed by atoms with van der Waals surface area (Å²) in [4.78, 5) is 31.6. The molecule has 2 amide bonds. The van der Waals surface area contributed by atoms with Gasteiger partial charge in [0.1, 0.15) is 11.1 Å². The number of amidine groups is 1. The van der Waals surface area contributed by atoms with Crippen molar-refractivity contribution in [3.8, 4) is 0 Å². The Labute approximate surface area is 174 Å². The molecule has 1 atom stereocenters. The second-order valence-corrected chi connectivity index (χ2v) is 8.11. The van der Waals surface area contributed by atoms with Gasteiger partial charge >= 0.3 is 0 Å². The number of aryl methyl sites for hydroxylation is 1. The highest BCUT2D eigenvalue weighted by Gasteiger charge is 2.38. The number of hydrogen-bond acceptors (Lipinski definition) is 4. The van der Waals surface area contributed by atoms with Crippen molar-refractivity contribution in [1.82, 2.24) is 4.90 Å². The zero-order valence-electron chi connectivity index (χ0n) is 16.5. The molecule has 0 aliphatic carbocycles. The molecule has 3 rings (SSSR count). The van der Waals surface area contributed by atoms with Crippen LogP contribution in [0.15, 0.2) is 53.5 Å². The number of rotatable bonds is 7. The fraction of sp³-hybridized carbons (Fsp3) is 0.318. The van der Waals surface area contributed by atoms with E-state index in [0.717, 1.165) is 24.1 Å². The Hall–Kier alpha value is -2.67. The Kier molecular flexibility index (Phi) is 7.04. The first-order valence-corrected chi connectivity index (χ1v) is 10.5. The Morgan fingerprint density at radius 3 is 2.52 bits per heavy atom. The largest absolute Gasteiger partial charge is 0.326 e. The van der Waals surface area contributed by atoms with E-state index in [2.05, 4.69) is 17.2 Å². The van der Waals surface area contributed by atoms with Crippen LogP contribution in [-0.4, -0.2) is 33.7 Å². The number of carbonyl (C=O) groups is 2. The van der Waals surface area contributed by atoms with Gasteiger partial charge < -0.3 is 5.32 Å². The third kappa shape index (κ3) is 5.67. The maximum Gasteiger partial charge on any atom is 0.242 e. The molecule has 0 spiro atoms. The third-order valence-corrected chi connectivity index (χ3v) is 5.69. The third-order valence-electron chi connectivity index (χ3n) is 4.51. The second-order valence-electron chi connectivity index (χ2n) is 6.94. The Bertz CT molecular complexity index is 897. The quantitative estimate of drug-likeness (QED) is 0.703. The van der Waals surface area contributed by atoms with Crippen LogP contribution in [0.25, 0.3) is 0 Å². The van der Waals surface area contributed by atoms with Crippen LogP contribution in [0.4, 0.5) is 15.8 Å². The SMILES string of the molecule is CCCCN1C(=O)[C@H](CC(=O)Nc2ccc(F)cc2)SC1=Nc1ccc(C)cc1. The number of halogens is 1. The van der Waals surface area contributed by atoms with Crippen LogP contribution in [0.1, 0.15) is 31.7 Å². The van der Waals surface area contributed by atoms with Gasteiger partial charge in [0.15, 0.2) is 5.17 Å². The predicted octanol–water partition coefficient (Wildman–Crippen LogP) is 4.89. The van der Waals surface area contributed by atoms with Crippen LogP contribution in [0, 0.1) is 12.7 Å². The van der Waals surface area contributed by atoms with Gasteiger partial charge in [-0.25, -0.2) is 9.38 Å². The van der Waals surface area contributed by atoms with Crippen molar-refractivity contribution in [3.05, 3.63) is 59.9 Å². The summed E-state index contributed by atoms with van der Waals surface area (Å²) in [7, 11) is 0. The summed E-state index contributed by atoms with van der Waals surface area (Å²) in [5, 5.41) is 2.83. The van der Waals surface area contributed by atoms with Crippen molar-refractivity contribution in [2.75, 3.05) is 11.9 Å². The van der Waals surface area contributed by atoms with E-state index in [1.165, 1.54) is 36.0 Å². The van der Waals surface area contributed by atoms with Crippen molar-refractivity contribution in [3.63, 3.8) is 0 Å². The molecule has 0 bridgehead atoms. The number of aliphatic imine (C=N–C) groups is 1. The fourth-order valence-electron chi connectivity index (χ4n) is 2.89. The summed E-state index contributed by atoms with van der Waals surface area (Å²) in [6.45, 7) is 4.66. The molecule has 7 heteroatoms. The lowest BCUT2D eigenvalue weighted by molar-refractivity contribution is -0.128. The number of thioether (sulfide) groups is 1. The highest BCUT2D eigenvalue weighted by atomic mass is 32.2. The zero-order valence-corrected chi connectivity index (χ0v) is 17.3. The van der Waals surface area contributed by atoms with Gasteiger partial charge in [0, 0.05) is 18.7 Å². The molecule has 5 nitrogen and oxygen atoms in total. The van der Waals surface area contributed by atoms with E-state index in [1.807, 2.05) is 31.2 Å². The van der Waals surface area contributed by atoms with E-state index in [-0.39, 0.29) is 24.1 Å². The maximum atomic E-state index is 13.0. The molecule has 0 saturated carbocycles. The molecule has 1 fully saturated rings. The normalized spacial score (nSPS) is 17.8. The van der Waals surface area contributed by atoms with Gasteiger partial charge in [-0.15, -0.1) is 0 Å². The van der Waals surface area contributed by atoms with E-state index in [9.17, 15) is 14.0 Å². The molecule has 1 aliphatic heterocycles. The van der Waals surface area contributed by atoms with Crippen molar-refractivity contribution < 1.29 is 14.0 Å². The highest BCUT2D eigenvalue weighted by Crippen LogP contribution is 2.32. The lowest BCUT2D eigenvalue weighted by Crippen LogP contribution is -2.34. The monoisotopic (exact) mass is 413 g/mol. The van der Waals surface area contributed by atoms with Crippen LogP contribution in [0.2, 0.25) is 0 Å². The Morgan fingerprint density at radius 1 is 1.17 bits per heavy atom. The highest BCUT2D eigenvalue weighted by molar-refractivity contribution is 8.15. The molecule has 0 aromatic heterocycles. The molecule has 0 unspecified atom stereocenters. The van der Waals surface area contributed by atoms with Crippen LogP contribution in [-0.2, 0) is 9.59 Å². The van der Waals surface area contributed by atoms with E-state index in [4.69, 9.17) is 0 Å². The number of benzene rings is 2. The molecule has 2 aromatic rings. The van der Waals surface area contributed by atoms with Gasteiger partial charge in [0.25, 0.3) is 0 Å². The summed E-state index contributed by atoms with van der Waals surface area (Å²) in [6.07, 6.45) is 1.87. The summed E-state index contributed by atoms with van der Waals surface area (Å²) in [6, 6.07) is 13.3. The lowest BCUT2D eigenvalue weighted by Gasteiger charge is -2.16. The average Bonchev–Trinajstić information content (AvgIpc) is 2.98. The van der Waals surface area contributed by atoms with Crippen LogP contribution < -0.4 is 5.32 Å². The number of nitrogens with zero attached hydrogens (tertiary/aromatic N) is 2. The minimum Gasteiger partial charge on any atom is -0.326 e. The van der Waals surface area contributed by atoms with Gasteiger partial charge in [-0.1, -0.05) is 42.8 Å². The Morgan fingerprint density at radius 2 is 1.86 bits per heavy atom. The van der Waals surface area contributed by atoms with Crippen molar-refractivity contribution in [1.29, 1.82) is 0 Å². The first-order chi connectivity index (χ1) is 14.0. The van der Waals surface area contributed by atoms with E-state index < -0.39 is 5.25 Å². The Balaban J connectivity index is 1.72. The fourth-order valence-corrected chi connectivity index (χ4v) is 4.07. The molecule has 1 aliphatic rings. The molecule has 152 valence electrons. The first kappa shape index (κ1) is 21.0. The van der Waals surface area contributed by atoms with Gasteiger partial charge in [0.05, 0.1) is 5.69 Å². The number of hydrogen-bond donors (Lipinski definition) is 1. The molecule has 1 heterocycles. The molecular weight excluding hydrogens is 389 g/mol. The van der Waals surface area contributed by atoms with Crippen molar-refractivity contribution in [2.24, 2.45) is 4.99 Å². The number of nitrogens with one attached hydrogen (secondary N) is 1. The van der Waals surface area contributed by atoms with E-state index in [1.54, 1.807) is 4.90 Å². The van der Waals surface area contributed by atoms with Crippen molar-refractivity contribution in [2.45, 2.75) is 38.4 Å². The number of unbranched alkanes of at least 4 members (excludes halogenated alkanes) is 1. The molecule has 29 heavy (non-hydrogen) atoms. The molecule has 1 N–H and O–H groups in total. The van der Waals surface area contributed by atoms with E-state index in [0.29, 0.717) is 17.4 Å². The number of anilines is 1. The average molecular weight is 414 g/mol. The summed E-state index contributed by atoms with van der Waals surface area (Å²) in [5.41, 5.74) is 2.43. The smallest absolute Gasteiger partial charge is 0.242 e. The number of carbonyl (C=O) groups excluding carboxylic acids is 2. The van der Waals surface area contributed by atoms with Crippen LogP contribution >= 0.6 is 11.8 Å². The second kappa shape index (κ2) is 9.69. The molecule has 2 aromatic carbocycles. The molecule has 0 radical (unpaired) electrons. The summed E-state index contributed by atoms with van der Waals surface area (Å²) in [5.74, 6) is -0.744. The first-order valence-electron chi connectivity index (χ1n) is 9.65. The van der Waals surface area contributed by atoms with Crippen molar-refractivity contribution >= 4 is 40.1 Å². The van der Waals surface area contributed by atoms with E-state index >= 15 is 0 Å². The summed E-state index contributed by atoms with van der Waals surface area (Å²) < 4.78 is 13.0. The van der Waals surface area contributed by atoms with Gasteiger partial charge in [-0.2, -0.15) is 0 Å². The summed E-state index contributed by atoms with van der Waals surface area (Å²) >= 11 is 1.32.